The third kappa shape index (κ3) is 5.89. The zero-order valence-corrected chi connectivity index (χ0v) is 11.3. The van der Waals surface area contributed by atoms with Crippen LogP contribution in [0, 0.1) is 5.92 Å². The highest BCUT2D eigenvalue weighted by atomic mass is 16.5. The molecule has 0 bridgehead atoms. The summed E-state index contributed by atoms with van der Waals surface area (Å²) in [6, 6.07) is -0.0799. The van der Waals surface area contributed by atoms with Crippen LogP contribution < -0.4 is 11.1 Å². The van der Waals surface area contributed by atoms with Gasteiger partial charge < -0.3 is 20.9 Å². The molecule has 1 heterocycles. The summed E-state index contributed by atoms with van der Waals surface area (Å²) in [6.07, 6.45) is 0.974. The van der Waals surface area contributed by atoms with Gasteiger partial charge in [0.05, 0.1) is 13.2 Å². The number of alkyl carbamates (subject to hydrolysis) is 1. The number of likely N-dealkylation sites (tertiary alicyclic amines) is 1. The standard InChI is InChI=1S/C12H23N3O4/c1-2-19-12(18)14-10-5-9(3-4-16)6-15(7-10)8-11(13)17/h9-10,16H,2-8H2,1H3,(H2,13,17)(H,14,18). The Labute approximate surface area is 113 Å². The largest absolute Gasteiger partial charge is 0.450 e. The molecule has 1 rings (SSSR count). The van der Waals surface area contributed by atoms with Gasteiger partial charge >= 0.3 is 6.09 Å². The summed E-state index contributed by atoms with van der Waals surface area (Å²) in [4.78, 5) is 24.3. The Morgan fingerprint density at radius 1 is 1.47 bits per heavy atom. The highest BCUT2D eigenvalue weighted by molar-refractivity contribution is 5.76. The molecule has 1 fully saturated rings. The van der Waals surface area contributed by atoms with Gasteiger partial charge in [0.2, 0.25) is 5.91 Å². The minimum Gasteiger partial charge on any atom is -0.450 e. The van der Waals surface area contributed by atoms with Crippen molar-refractivity contribution in [2.24, 2.45) is 11.7 Å². The first-order chi connectivity index (χ1) is 9.05. The number of nitrogens with two attached hydrogens (primary N) is 1. The van der Waals surface area contributed by atoms with Crippen molar-refractivity contribution in [3.8, 4) is 0 Å². The van der Waals surface area contributed by atoms with Crippen LogP contribution in [0.4, 0.5) is 4.79 Å². The number of carbonyl (C=O) groups excluding carboxylic acids is 2. The van der Waals surface area contributed by atoms with E-state index in [1.54, 1.807) is 6.92 Å². The summed E-state index contributed by atoms with van der Waals surface area (Å²) in [5.41, 5.74) is 5.20. The molecule has 110 valence electrons. The number of primary amides is 1. The second-order valence-corrected chi connectivity index (χ2v) is 4.84. The lowest BCUT2D eigenvalue weighted by Crippen LogP contribution is -2.52. The number of piperidine rings is 1. The topological polar surface area (TPSA) is 105 Å². The summed E-state index contributed by atoms with van der Waals surface area (Å²) in [5, 5.41) is 11.8. The number of hydrogen-bond donors (Lipinski definition) is 3. The molecular weight excluding hydrogens is 250 g/mol. The van der Waals surface area contributed by atoms with Crippen molar-refractivity contribution in [1.29, 1.82) is 0 Å². The van der Waals surface area contributed by atoms with E-state index in [0.29, 0.717) is 26.1 Å². The molecule has 0 radical (unpaired) electrons. The van der Waals surface area contributed by atoms with Gasteiger partial charge in [0.15, 0.2) is 0 Å². The number of amides is 2. The van der Waals surface area contributed by atoms with E-state index in [0.717, 1.165) is 6.42 Å². The van der Waals surface area contributed by atoms with E-state index < -0.39 is 6.09 Å². The van der Waals surface area contributed by atoms with Gasteiger partial charge in [-0.15, -0.1) is 0 Å². The number of hydrogen-bond acceptors (Lipinski definition) is 5. The maximum Gasteiger partial charge on any atom is 0.407 e. The van der Waals surface area contributed by atoms with Crippen LogP contribution in [0.2, 0.25) is 0 Å². The third-order valence-corrected chi connectivity index (χ3v) is 3.13. The fourth-order valence-corrected chi connectivity index (χ4v) is 2.49. The lowest BCUT2D eigenvalue weighted by Gasteiger charge is -2.37. The van der Waals surface area contributed by atoms with Crippen molar-refractivity contribution in [1.82, 2.24) is 10.2 Å². The predicted octanol–water partition coefficient (Wildman–Crippen LogP) is -0.709. The Morgan fingerprint density at radius 2 is 2.21 bits per heavy atom. The molecule has 2 amide bonds. The normalized spacial score (nSPS) is 23.9. The van der Waals surface area contributed by atoms with E-state index in [9.17, 15) is 9.59 Å². The lowest BCUT2D eigenvalue weighted by atomic mass is 9.92. The van der Waals surface area contributed by atoms with Gasteiger partial charge in [-0.3, -0.25) is 9.69 Å². The number of aliphatic hydroxyl groups is 1. The molecule has 0 aromatic heterocycles. The van der Waals surface area contributed by atoms with Gasteiger partial charge in [-0.2, -0.15) is 0 Å². The minimum absolute atomic E-state index is 0.0799. The molecule has 7 nitrogen and oxygen atoms in total. The molecular formula is C12H23N3O4. The molecule has 2 unspecified atom stereocenters. The number of aliphatic hydroxyl groups excluding tert-OH is 1. The molecule has 7 heteroatoms. The summed E-state index contributed by atoms with van der Waals surface area (Å²) in [5.74, 6) is -0.149. The van der Waals surface area contributed by atoms with Crippen LogP contribution in [0.3, 0.4) is 0 Å². The van der Waals surface area contributed by atoms with Crippen LogP contribution in [0.15, 0.2) is 0 Å². The quantitative estimate of drug-likeness (QED) is 0.593. The van der Waals surface area contributed by atoms with Crippen molar-refractivity contribution in [2.75, 3.05) is 32.8 Å². The van der Waals surface area contributed by atoms with Crippen molar-refractivity contribution >= 4 is 12.0 Å². The van der Waals surface area contributed by atoms with E-state index in [2.05, 4.69) is 5.32 Å². The van der Waals surface area contributed by atoms with Crippen molar-refractivity contribution < 1.29 is 19.4 Å². The van der Waals surface area contributed by atoms with Crippen LogP contribution in [-0.2, 0) is 9.53 Å². The van der Waals surface area contributed by atoms with Crippen LogP contribution in [0.1, 0.15) is 19.8 Å². The Bertz CT molecular complexity index is 311. The summed E-state index contributed by atoms with van der Waals surface area (Å²) in [7, 11) is 0. The van der Waals surface area contributed by atoms with Crippen molar-refractivity contribution in [2.45, 2.75) is 25.8 Å². The predicted molar refractivity (Wildman–Crippen MR) is 69.4 cm³/mol. The van der Waals surface area contributed by atoms with Gasteiger partial charge in [0.25, 0.3) is 0 Å². The number of nitrogens with zero attached hydrogens (tertiary/aromatic N) is 1. The Kier molecular flexibility index (Phi) is 6.58. The van der Waals surface area contributed by atoms with E-state index in [4.69, 9.17) is 15.6 Å². The van der Waals surface area contributed by atoms with Gasteiger partial charge in [-0.05, 0) is 25.7 Å². The summed E-state index contributed by atoms with van der Waals surface area (Å²) < 4.78 is 4.85. The van der Waals surface area contributed by atoms with Gasteiger partial charge in [-0.1, -0.05) is 0 Å². The molecule has 0 spiro atoms. The van der Waals surface area contributed by atoms with Gasteiger partial charge in [-0.25, -0.2) is 4.79 Å². The average Bonchev–Trinajstić information content (AvgIpc) is 2.28. The van der Waals surface area contributed by atoms with E-state index in [-0.39, 0.29) is 31.0 Å². The van der Waals surface area contributed by atoms with Crippen LogP contribution >= 0.6 is 0 Å². The smallest absolute Gasteiger partial charge is 0.407 e. The van der Waals surface area contributed by atoms with E-state index in [1.807, 2.05) is 4.90 Å². The SMILES string of the molecule is CCOC(=O)NC1CC(CCO)CN(CC(N)=O)C1. The van der Waals surface area contributed by atoms with E-state index in [1.165, 1.54) is 0 Å². The van der Waals surface area contributed by atoms with Crippen LogP contribution in [0.25, 0.3) is 0 Å². The summed E-state index contributed by atoms with van der Waals surface area (Å²) in [6.45, 7) is 3.62. The number of nitrogens with one attached hydrogen (secondary N) is 1. The third-order valence-electron chi connectivity index (χ3n) is 3.13. The molecule has 0 aromatic rings. The minimum atomic E-state index is -0.448. The number of ether oxygens (including phenoxy) is 1. The Balaban J connectivity index is 2.53. The van der Waals surface area contributed by atoms with Crippen LogP contribution in [0.5, 0.6) is 0 Å². The maximum absolute atomic E-state index is 11.4. The summed E-state index contributed by atoms with van der Waals surface area (Å²) >= 11 is 0. The molecule has 0 saturated carbocycles. The number of carbonyl (C=O) groups is 2. The second-order valence-electron chi connectivity index (χ2n) is 4.84. The molecule has 0 aromatic carbocycles. The molecule has 0 aliphatic carbocycles. The molecule has 2 atom stereocenters. The molecule has 1 aliphatic heterocycles. The fourth-order valence-electron chi connectivity index (χ4n) is 2.49. The zero-order valence-electron chi connectivity index (χ0n) is 11.3. The first-order valence-corrected chi connectivity index (χ1v) is 6.60. The second kappa shape index (κ2) is 7.96. The maximum atomic E-state index is 11.4. The van der Waals surface area contributed by atoms with E-state index >= 15 is 0 Å². The lowest BCUT2D eigenvalue weighted by molar-refractivity contribution is -0.119. The fraction of sp³-hybridized carbons (Fsp3) is 0.833. The Hall–Kier alpha value is -1.34. The first kappa shape index (κ1) is 15.7. The highest BCUT2D eigenvalue weighted by Gasteiger charge is 2.28. The van der Waals surface area contributed by atoms with Gasteiger partial charge in [0.1, 0.15) is 0 Å². The van der Waals surface area contributed by atoms with Crippen molar-refractivity contribution in [3.05, 3.63) is 0 Å². The van der Waals surface area contributed by atoms with Gasteiger partial charge in [0, 0.05) is 25.7 Å². The van der Waals surface area contributed by atoms with Crippen LogP contribution in [-0.4, -0.2) is 60.9 Å². The molecule has 1 aliphatic rings. The molecule has 4 N–H and O–H groups in total. The zero-order chi connectivity index (χ0) is 14.3. The van der Waals surface area contributed by atoms with Crippen molar-refractivity contribution in [3.63, 3.8) is 0 Å². The first-order valence-electron chi connectivity index (χ1n) is 6.60. The Morgan fingerprint density at radius 3 is 2.79 bits per heavy atom. The molecule has 1 saturated heterocycles. The average molecular weight is 273 g/mol. The highest BCUT2D eigenvalue weighted by Crippen LogP contribution is 2.19. The molecule has 19 heavy (non-hydrogen) atoms. The monoisotopic (exact) mass is 273 g/mol. The number of rotatable bonds is 6.